The maximum Gasteiger partial charge on any atom is 0.416 e. The van der Waals surface area contributed by atoms with Gasteiger partial charge in [-0.05, 0) is 57.2 Å². The molecule has 0 aliphatic heterocycles. The second kappa shape index (κ2) is 21.5. The Morgan fingerprint density at radius 2 is 1.15 bits per heavy atom. The van der Waals surface area contributed by atoms with Gasteiger partial charge in [0.15, 0.2) is 0 Å². The van der Waals surface area contributed by atoms with Gasteiger partial charge in [0.25, 0.3) is 0 Å². The smallest absolute Gasteiger partial charge is 0.416 e. The molecule has 0 aliphatic carbocycles. The number of nitrogens with one attached hydrogen (secondary N) is 5. The van der Waals surface area contributed by atoms with E-state index < -0.39 is 47.0 Å². The number of rotatable bonds is 11. The fraction of sp³-hybridized carbons (Fsp3) is 0.464. The first-order valence-electron chi connectivity index (χ1n) is 13.5. The highest BCUT2D eigenvalue weighted by Gasteiger charge is 2.31. The molecule has 46 heavy (non-hydrogen) atoms. The SMILES string of the molecule is CC(C)(C)OC(=O)NCCNCC(=O)Nc1cccc(C(F)(F)F)c1.ClCCl.NCCNCC(=O)Nc1cccc(C(F)(F)F)c1. The first-order valence-corrected chi connectivity index (χ1v) is 14.5. The second-order valence-corrected chi connectivity index (χ2v) is 10.7. The van der Waals surface area contributed by atoms with Crippen molar-refractivity contribution in [3.8, 4) is 0 Å². The van der Waals surface area contributed by atoms with E-state index in [1.165, 1.54) is 24.3 Å². The van der Waals surface area contributed by atoms with Crippen molar-refractivity contribution in [1.82, 2.24) is 16.0 Å². The van der Waals surface area contributed by atoms with E-state index in [9.17, 15) is 40.7 Å². The highest BCUT2D eigenvalue weighted by molar-refractivity contribution is 6.40. The van der Waals surface area contributed by atoms with Crippen molar-refractivity contribution in [3.05, 3.63) is 59.7 Å². The lowest BCUT2D eigenvalue weighted by Gasteiger charge is -2.19. The van der Waals surface area contributed by atoms with Crippen LogP contribution in [0.25, 0.3) is 0 Å². The topological polar surface area (TPSA) is 147 Å². The van der Waals surface area contributed by atoms with Gasteiger partial charge < -0.3 is 37.1 Å². The van der Waals surface area contributed by atoms with E-state index in [0.717, 1.165) is 24.3 Å². The Labute approximate surface area is 273 Å². The third kappa shape index (κ3) is 21.4. The molecule has 7 N–H and O–H groups in total. The third-order valence-corrected chi connectivity index (χ3v) is 4.81. The molecule has 0 fully saturated rings. The first kappa shape index (κ1) is 42.7. The zero-order valence-electron chi connectivity index (χ0n) is 25.3. The Balaban J connectivity index is 0.000000846. The number of anilines is 2. The van der Waals surface area contributed by atoms with Gasteiger partial charge in [-0.25, -0.2) is 4.79 Å². The second-order valence-electron chi connectivity index (χ2n) is 9.93. The number of hydrogen-bond acceptors (Lipinski definition) is 7. The number of alkyl carbamates (subject to hydrolysis) is 1. The van der Waals surface area contributed by atoms with Crippen LogP contribution in [0.15, 0.2) is 48.5 Å². The van der Waals surface area contributed by atoms with Crippen molar-refractivity contribution in [1.29, 1.82) is 0 Å². The van der Waals surface area contributed by atoms with Gasteiger partial charge >= 0.3 is 18.4 Å². The number of halogens is 8. The normalized spacial score (nSPS) is 11.2. The van der Waals surface area contributed by atoms with E-state index in [1.54, 1.807) is 20.8 Å². The fourth-order valence-corrected chi connectivity index (χ4v) is 3.03. The van der Waals surface area contributed by atoms with Gasteiger partial charge in [-0.2, -0.15) is 26.3 Å². The lowest BCUT2D eigenvalue weighted by atomic mass is 10.2. The molecule has 2 aromatic rings. The average Bonchev–Trinajstić information content (AvgIpc) is 2.92. The average molecular weight is 708 g/mol. The van der Waals surface area contributed by atoms with Crippen LogP contribution in [-0.4, -0.2) is 68.1 Å². The van der Waals surface area contributed by atoms with Crippen molar-refractivity contribution in [2.24, 2.45) is 5.73 Å². The number of carbonyl (C=O) groups is 3. The summed E-state index contributed by atoms with van der Waals surface area (Å²) in [7, 11) is 0. The van der Waals surface area contributed by atoms with Crippen molar-refractivity contribution < 1.29 is 45.5 Å². The number of carbonyl (C=O) groups excluding carboxylic acids is 3. The van der Waals surface area contributed by atoms with Crippen LogP contribution in [0.3, 0.4) is 0 Å². The predicted octanol–water partition coefficient (Wildman–Crippen LogP) is 5.37. The van der Waals surface area contributed by atoms with Crippen molar-refractivity contribution in [2.45, 2.75) is 38.7 Å². The molecule has 260 valence electrons. The van der Waals surface area contributed by atoms with Crippen LogP contribution < -0.4 is 32.3 Å². The van der Waals surface area contributed by atoms with Gasteiger partial charge in [-0.1, -0.05) is 12.1 Å². The van der Waals surface area contributed by atoms with Crippen LogP contribution in [0.1, 0.15) is 31.9 Å². The summed E-state index contributed by atoms with van der Waals surface area (Å²) < 4.78 is 80.1. The zero-order valence-corrected chi connectivity index (χ0v) is 26.8. The Hall–Kier alpha value is -3.31. The molecule has 0 spiro atoms. The summed E-state index contributed by atoms with van der Waals surface area (Å²) in [5.41, 5.74) is 3.17. The van der Waals surface area contributed by atoms with E-state index in [1.807, 2.05) is 0 Å². The highest BCUT2D eigenvalue weighted by atomic mass is 35.5. The monoisotopic (exact) mass is 706 g/mol. The molecule has 0 aromatic heterocycles. The van der Waals surface area contributed by atoms with Crippen LogP contribution in [0, 0.1) is 0 Å². The molecule has 0 aliphatic rings. The minimum absolute atomic E-state index is 0.00739. The molecule has 0 radical (unpaired) electrons. The zero-order chi connectivity index (χ0) is 35.4. The van der Waals surface area contributed by atoms with Crippen LogP contribution >= 0.6 is 23.2 Å². The quantitative estimate of drug-likeness (QED) is 0.105. The van der Waals surface area contributed by atoms with E-state index in [-0.39, 0.29) is 36.3 Å². The van der Waals surface area contributed by atoms with Crippen molar-refractivity contribution in [2.75, 3.05) is 55.2 Å². The lowest BCUT2D eigenvalue weighted by Crippen LogP contribution is -2.38. The van der Waals surface area contributed by atoms with Crippen LogP contribution in [0.2, 0.25) is 0 Å². The molecule has 10 nitrogen and oxygen atoms in total. The fourth-order valence-electron chi connectivity index (χ4n) is 3.03. The lowest BCUT2D eigenvalue weighted by molar-refractivity contribution is -0.138. The molecule has 18 heteroatoms. The first-order chi connectivity index (χ1) is 21.3. The molecule has 2 rings (SSSR count). The Morgan fingerprint density at radius 3 is 1.52 bits per heavy atom. The van der Waals surface area contributed by atoms with E-state index in [4.69, 9.17) is 33.7 Å². The minimum Gasteiger partial charge on any atom is -0.444 e. The number of ether oxygens (including phenoxy) is 1. The number of hydrogen-bond donors (Lipinski definition) is 6. The van der Waals surface area contributed by atoms with Crippen LogP contribution in [0.5, 0.6) is 0 Å². The van der Waals surface area contributed by atoms with Crippen LogP contribution in [-0.2, 0) is 26.7 Å². The van der Waals surface area contributed by atoms with Gasteiger partial charge in [0.1, 0.15) is 5.60 Å². The maximum atomic E-state index is 12.6. The summed E-state index contributed by atoms with van der Waals surface area (Å²) in [6.45, 7) is 6.52. The van der Waals surface area contributed by atoms with Gasteiger partial charge in [-0.3, -0.25) is 9.59 Å². The standard InChI is InChI=1S/C16H22F3N3O3.C11H14F3N3O.CH2Cl2/c1-15(2,3)25-14(24)21-8-7-20-10-13(23)22-12-6-4-5-11(9-12)16(17,18)19;12-11(13,14)8-2-1-3-9(6-8)17-10(18)7-16-5-4-15;2-1-3/h4-6,9,20H,7-8,10H2,1-3H3,(H,21,24)(H,22,23);1-3,6,16H,4-5,7,15H2,(H,17,18);1H2. The predicted molar refractivity (Wildman–Crippen MR) is 166 cm³/mol. The third-order valence-electron chi connectivity index (χ3n) is 4.81. The van der Waals surface area contributed by atoms with Gasteiger partial charge in [0.2, 0.25) is 11.8 Å². The largest absolute Gasteiger partial charge is 0.444 e. The summed E-state index contributed by atoms with van der Waals surface area (Å²) in [5.74, 6) is -0.903. The summed E-state index contributed by atoms with van der Waals surface area (Å²) in [5, 5.41) is 12.9. The number of benzene rings is 2. The van der Waals surface area contributed by atoms with Gasteiger partial charge in [-0.15, -0.1) is 23.2 Å². The van der Waals surface area contributed by atoms with Gasteiger partial charge in [0, 0.05) is 37.6 Å². The molecule has 0 unspecified atom stereocenters. The Morgan fingerprint density at radius 1 is 0.739 bits per heavy atom. The van der Waals surface area contributed by atoms with E-state index >= 15 is 0 Å². The van der Waals surface area contributed by atoms with Gasteiger partial charge in [0.05, 0.1) is 29.6 Å². The molecule has 0 saturated heterocycles. The summed E-state index contributed by atoms with van der Waals surface area (Å²) in [4.78, 5) is 34.4. The summed E-state index contributed by atoms with van der Waals surface area (Å²) in [6.07, 6.45) is -9.45. The molecular weight excluding hydrogens is 669 g/mol. The van der Waals surface area contributed by atoms with Crippen molar-refractivity contribution in [3.63, 3.8) is 0 Å². The van der Waals surface area contributed by atoms with E-state index in [0.29, 0.717) is 19.6 Å². The highest BCUT2D eigenvalue weighted by Crippen LogP contribution is 2.31. The Kier molecular flexibility index (Phi) is 19.9. The summed E-state index contributed by atoms with van der Waals surface area (Å²) in [6, 6.07) is 8.86. The van der Waals surface area contributed by atoms with E-state index in [2.05, 4.69) is 26.6 Å². The van der Waals surface area contributed by atoms with Crippen molar-refractivity contribution >= 4 is 52.5 Å². The number of alkyl halides is 8. The molecule has 0 atom stereocenters. The number of nitrogens with two attached hydrogens (primary N) is 1. The maximum absolute atomic E-state index is 12.6. The molecule has 0 heterocycles. The number of amides is 3. The molecular formula is C28H38Cl2F6N6O4. The Bertz CT molecular complexity index is 1210. The molecule has 0 saturated carbocycles. The summed E-state index contributed by atoms with van der Waals surface area (Å²) >= 11 is 9.53. The minimum atomic E-state index is -4.47. The molecule has 2 aromatic carbocycles. The molecule has 3 amide bonds. The van der Waals surface area contributed by atoms with Crippen LogP contribution in [0.4, 0.5) is 42.5 Å². The molecule has 0 bridgehead atoms.